The van der Waals surface area contributed by atoms with Crippen LogP contribution in [0.4, 0.5) is 0 Å². The molecule has 0 amide bonds. The van der Waals surface area contributed by atoms with Gasteiger partial charge in [0.15, 0.2) is 0 Å². The van der Waals surface area contributed by atoms with E-state index in [2.05, 4.69) is 5.32 Å². The van der Waals surface area contributed by atoms with Crippen molar-refractivity contribution < 1.29 is 19.0 Å². The Balaban J connectivity index is 1.76. The minimum atomic E-state index is -0.201. The van der Waals surface area contributed by atoms with E-state index in [1.54, 1.807) is 7.11 Å². The van der Waals surface area contributed by atoms with E-state index in [1.807, 2.05) is 0 Å². The van der Waals surface area contributed by atoms with Crippen LogP contribution in [0.1, 0.15) is 19.3 Å². The zero-order valence-electron chi connectivity index (χ0n) is 9.87. The Bertz CT molecular complexity index is 194. The molecule has 1 rings (SSSR count). The van der Waals surface area contributed by atoms with E-state index in [0.29, 0.717) is 39.0 Å². The SMILES string of the molecule is COCCCOCCOC(=O)CNC1CC1. The first-order valence-electron chi connectivity index (χ1n) is 5.78. The molecule has 0 aromatic heterocycles. The van der Waals surface area contributed by atoms with Gasteiger partial charge in [-0.15, -0.1) is 0 Å². The predicted molar refractivity (Wildman–Crippen MR) is 59.3 cm³/mol. The highest BCUT2D eigenvalue weighted by Gasteiger charge is 2.21. The summed E-state index contributed by atoms with van der Waals surface area (Å²) in [6.07, 6.45) is 3.22. The third-order valence-corrected chi connectivity index (χ3v) is 2.24. The van der Waals surface area contributed by atoms with Gasteiger partial charge in [-0.25, -0.2) is 0 Å². The van der Waals surface area contributed by atoms with Crippen LogP contribution in [0.5, 0.6) is 0 Å². The summed E-state index contributed by atoms with van der Waals surface area (Å²) in [5, 5.41) is 3.09. The zero-order chi connectivity index (χ0) is 11.6. The molecule has 0 aromatic carbocycles. The number of rotatable bonds is 10. The molecule has 1 saturated carbocycles. The summed E-state index contributed by atoms with van der Waals surface area (Å²) >= 11 is 0. The van der Waals surface area contributed by atoms with E-state index in [4.69, 9.17) is 14.2 Å². The molecule has 0 saturated heterocycles. The molecule has 5 nitrogen and oxygen atoms in total. The van der Waals surface area contributed by atoms with Crippen LogP contribution < -0.4 is 5.32 Å². The lowest BCUT2D eigenvalue weighted by molar-refractivity contribution is -0.144. The maximum atomic E-state index is 11.2. The predicted octanol–water partition coefficient (Wildman–Crippen LogP) is 0.335. The van der Waals surface area contributed by atoms with Crippen molar-refractivity contribution in [1.82, 2.24) is 5.32 Å². The van der Waals surface area contributed by atoms with Crippen molar-refractivity contribution in [1.29, 1.82) is 0 Å². The molecule has 0 bridgehead atoms. The molecule has 1 fully saturated rings. The fourth-order valence-electron chi connectivity index (χ4n) is 1.19. The molecule has 16 heavy (non-hydrogen) atoms. The summed E-state index contributed by atoms with van der Waals surface area (Å²) < 4.78 is 15.1. The smallest absolute Gasteiger partial charge is 0.320 e. The van der Waals surface area contributed by atoms with Crippen molar-refractivity contribution in [3.05, 3.63) is 0 Å². The van der Waals surface area contributed by atoms with Crippen molar-refractivity contribution in [2.75, 3.05) is 40.1 Å². The number of methoxy groups -OCH3 is 1. The molecule has 0 atom stereocenters. The first-order chi connectivity index (χ1) is 7.83. The van der Waals surface area contributed by atoms with Crippen LogP contribution in [0.2, 0.25) is 0 Å². The first kappa shape index (κ1) is 13.4. The minimum absolute atomic E-state index is 0.201. The van der Waals surface area contributed by atoms with Crippen LogP contribution in [-0.4, -0.2) is 52.1 Å². The number of hydrogen-bond acceptors (Lipinski definition) is 5. The molecule has 1 aliphatic rings. The number of hydrogen-bond donors (Lipinski definition) is 1. The number of esters is 1. The summed E-state index contributed by atoms with van der Waals surface area (Å²) in [5.41, 5.74) is 0. The lowest BCUT2D eigenvalue weighted by Gasteiger charge is -2.06. The zero-order valence-corrected chi connectivity index (χ0v) is 9.87. The average Bonchev–Trinajstić information content (AvgIpc) is 3.09. The highest BCUT2D eigenvalue weighted by Crippen LogP contribution is 2.17. The lowest BCUT2D eigenvalue weighted by Crippen LogP contribution is -2.27. The monoisotopic (exact) mass is 231 g/mol. The molecule has 0 radical (unpaired) electrons. The second kappa shape index (κ2) is 8.50. The standard InChI is InChI=1S/C11H21NO4/c1-14-5-2-6-15-7-8-16-11(13)9-12-10-3-4-10/h10,12H,2-9H2,1H3. The van der Waals surface area contributed by atoms with Crippen LogP contribution >= 0.6 is 0 Å². The lowest BCUT2D eigenvalue weighted by atomic mass is 10.5. The van der Waals surface area contributed by atoms with E-state index >= 15 is 0 Å². The Kier molecular flexibility index (Phi) is 7.12. The van der Waals surface area contributed by atoms with Gasteiger partial charge in [0.1, 0.15) is 6.61 Å². The summed E-state index contributed by atoms with van der Waals surface area (Å²) in [6, 6.07) is 0.540. The molecule has 0 unspecified atom stereocenters. The average molecular weight is 231 g/mol. The van der Waals surface area contributed by atoms with Crippen molar-refractivity contribution in [2.24, 2.45) is 0 Å². The van der Waals surface area contributed by atoms with E-state index in [9.17, 15) is 4.79 Å². The number of nitrogens with one attached hydrogen (secondary N) is 1. The van der Waals surface area contributed by atoms with Gasteiger partial charge in [0.05, 0.1) is 13.2 Å². The van der Waals surface area contributed by atoms with Gasteiger partial charge in [0.25, 0.3) is 0 Å². The summed E-state index contributed by atoms with van der Waals surface area (Å²) in [7, 11) is 1.66. The number of ether oxygens (including phenoxy) is 3. The van der Waals surface area contributed by atoms with Gasteiger partial charge in [-0.3, -0.25) is 4.79 Å². The van der Waals surface area contributed by atoms with Crippen LogP contribution in [0.25, 0.3) is 0 Å². The Morgan fingerprint density at radius 2 is 2.06 bits per heavy atom. The van der Waals surface area contributed by atoms with Gasteiger partial charge >= 0.3 is 5.97 Å². The third kappa shape index (κ3) is 7.62. The molecule has 0 spiro atoms. The number of carbonyl (C=O) groups is 1. The maximum absolute atomic E-state index is 11.2. The van der Waals surface area contributed by atoms with Gasteiger partial charge in [0.2, 0.25) is 0 Å². The van der Waals surface area contributed by atoms with E-state index in [1.165, 1.54) is 12.8 Å². The van der Waals surface area contributed by atoms with Crippen molar-refractivity contribution in [3.8, 4) is 0 Å². The molecule has 0 aromatic rings. The van der Waals surface area contributed by atoms with E-state index < -0.39 is 0 Å². The second-order valence-electron chi connectivity index (χ2n) is 3.83. The third-order valence-electron chi connectivity index (χ3n) is 2.24. The Morgan fingerprint density at radius 1 is 1.25 bits per heavy atom. The van der Waals surface area contributed by atoms with Gasteiger partial charge in [-0.05, 0) is 19.3 Å². The van der Waals surface area contributed by atoms with Gasteiger partial charge in [-0.1, -0.05) is 0 Å². The van der Waals surface area contributed by atoms with Crippen molar-refractivity contribution in [2.45, 2.75) is 25.3 Å². The van der Waals surface area contributed by atoms with Crippen molar-refractivity contribution in [3.63, 3.8) is 0 Å². The fourth-order valence-corrected chi connectivity index (χ4v) is 1.19. The summed E-state index contributed by atoms with van der Waals surface area (Å²) in [4.78, 5) is 11.2. The molecule has 1 aliphatic carbocycles. The topological polar surface area (TPSA) is 56.8 Å². The first-order valence-corrected chi connectivity index (χ1v) is 5.78. The molecule has 94 valence electrons. The van der Waals surface area contributed by atoms with Crippen molar-refractivity contribution >= 4 is 5.97 Å². The largest absolute Gasteiger partial charge is 0.462 e. The van der Waals surface area contributed by atoms with Gasteiger partial charge in [-0.2, -0.15) is 0 Å². The maximum Gasteiger partial charge on any atom is 0.320 e. The molecular formula is C11H21NO4. The van der Waals surface area contributed by atoms with Crippen LogP contribution in [0.3, 0.4) is 0 Å². The fraction of sp³-hybridized carbons (Fsp3) is 0.909. The summed E-state index contributed by atoms with van der Waals surface area (Å²) in [6.45, 7) is 2.45. The van der Waals surface area contributed by atoms with Gasteiger partial charge in [0, 0.05) is 26.4 Å². The highest BCUT2D eigenvalue weighted by molar-refractivity contribution is 5.71. The number of carbonyl (C=O) groups excluding carboxylic acids is 1. The normalized spacial score (nSPS) is 15.1. The second-order valence-corrected chi connectivity index (χ2v) is 3.83. The van der Waals surface area contributed by atoms with Crippen LogP contribution in [0, 0.1) is 0 Å². The van der Waals surface area contributed by atoms with E-state index in [0.717, 1.165) is 6.42 Å². The molecule has 5 heteroatoms. The minimum Gasteiger partial charge on any atom is -0.462 e. The molecule has 0 aliphatic heterocycles. The van der Waals surface area contributed by atoms with Gasteiger partial charge < -0.3 is 19.5 Å². The van der Waals surface area contributed by atoms with Crippen LogP contribution in [-0.2, 0) is 19.0 Å². The highest BCUT2D eigenvalue weighted by atomic mass is 16.6. The molecule has 1 N–H and O–H groups in total. The Labute approximate surface area is 96.4 Å². The molecular weight excluding hydrogens is 210 g/mol. The Morgan fingerprint density at radius 3 is 2.75 bits per heavy atom. The quantitative estimate of drug-likeness (QED) is 0.434. The molecule has 0 heterocycles. The van der Waals surface area contributed by atoms with E-state index in [-0.39, 0.29) is 5.97 Å². The Hall–Kier alpha value is -0.650. The summed E-state index contributed by atoms with van der Waals surface area (Å²) in [5.74, 6) is -0.201. The van der Waals surface area contributed by atoms with Crippen LogP contribution in [0.15, 0.2) is 0 Å².